The molecule has 1 aromatic heterocycles. The van der Waals surface area contributed by atoms with E-state index in [0.29, 0.717) is 0 Å². The highest BCUT2D eigenvalue weighted by Gasteiger charge is 2.15. The van der Waals surface area contributed by atoms with Crippen molar-refractivity contribution in [3.05, 3.63) is 133 Å². The van der Waals surface area contributed by atoms with Gasteiger partial charge >= 0.3 is 0 Å². The molecule has 0 spiro atoms. The molecule has 1 heterocycles. The number of fused-ring (bicyclic) bond motifs is 9. The Balaban J connectivity index is 1.42. The summed E-state index contributed by atoms with van der Waals surface area (Å²) in [6.07, 6.45) is 0. The molecular weight excluding hydrogens is 448 g/mol. The van der Waals surface area contributed by atoms with Crippen LogP contribution in [0.15, 0.2) is 138 Å². The molecule has 0 radical (unpaired) electrons. The van der Waals surface area contributed by atoms with Crippen LogP contribution in [0.25, 0.3) is 76.5 Å². The largest absolute Gasteiger partial charge is 0.455 e. The fraction of sp³-hybridized carbons (Fsp3) is 0. The van der Waals surface area contributed by atoms with Gasteiger partial charge in [-0.1, -0.05) is 121 Å². The molecule has 0 saturated carbocycles. The highest BCUT2D eigenvalue weighted by Crippen LogP contribution is 2.42. The van der Waals surface area contributed by atoms with E-state index in [-0.39, 0.29) is 0 Å². The van der Waals surface area contributed by atoms with Crippen LogP contribution in [0.2, 0.25) is 0 Å². The SMILES string of the molecule is c1cc(-c2cccc3c2oc2ccccc23)cc(-c2cccc3c4ccccc4c4ccccc4c23)c1. The van der Waals surface area contributed by atoms with Crippen molar-refractivity contribution in [1.82, 2.24) is 0 Å². The van der Waals surface area contributed by atoms with Crippen molar-refractivity contribution in [3.63, 3.8) is 0 Å². The number of para-hydroxylation sites is 2. The summed E-state index contributed by atoms with van der Waals surface area (Å²) >= 11 is 0. The topological polar surface area (TPSA) is 13.1 Å². The summed E-state index contributed by atoms with van der Waals surface area (Å²) in [5.74, 6) is 0. The lowest BCUT2D eigenvalue weighted by Gasteiger charge is -2.15. The van der Waals surface area contributed by atoms with E-state index in [1.807, 2.05) is 12.1 Å². The van der Waals surface area contributed by atoms with E-state index in [1.165, 1.54) is 43.4 Å². The number of furan rings is 1. The first-order valence-electron chi connectivity index (χ1n) is 12.7. The minimum Gasteiger partial charge on any atom is -0.455 e. The van der Waals surface area contributed by atoms with Gasteiger partial charge in [0.2, 0.25) is 0 Å². The van der Waals surface area contributed by atoms with Gasteiger partial charge in [-0.25, -0.2) is 0 Å². The Bertz CT molecular complexity index is 2100. The Morgan fingerprint density at radius 1 is 0.351 bits per heavy atom. The second kappa shape index (κ2) is 7.81. The van der Waals surface area contributed by atoms with Gasteiger partial charge in [-0.15, -0.1) is 0 Å². The predicted molar refractivity (Wildman–Crippen MR) is 157 cm³/mol. The number of benzene rings is 7. The molecule has 0 atom stereocenters. The summed E-state index contributed by atoms with van der Waals surface area (Å²) in [5, 5.41) is 10.1. The first-order valence-corrected chi connectivity index (χ1v) is 12.7. The Hall–Kier alpha value is -4.88. The fourth-order valence-electron chi connectivity index (χ4n) is 6.03. The molecule has 172 valence electrons. The second-order valence-corrected chi connectivity index (χ2v) is 9.68. The van der Waals surface area contributed by atoms with Gasteiger partial charge in [-0.2, -0.15) is 0 Å². The Morgan fingerprint density at radius 2 is 0.838 bits per heavy atom. The molecule has 37 heavy (non-hydrogen) atoms. The van der Waals surface area contributed by atoms with E-state index >= 15 is 0 Å². The second-order valence-electron chi connectivity index (χ2n) is 9.68. The van der Waals surface area contributed by atoms with Crippen LogP contribution in [0, 0.1) is 0 Å². The molecule has 0 aliphatic carbocycles. The van der Waals surface area contributed by atoms with Crippen LogP contribution in [0.4, 0.5) is 0 Å². The number of hydrogen-bond donors (Lipinski definition) is 0. The minimum absolute atomic E-state index is 0.925. The molecular formula is C36H22O. The lowest BCUT2D eigenvalue weighted by molar-refractivity contribution is 0.670. The van der Waals surface area contributed by atoms with E-state index in [2.05, 4.69) is 121 Å². The van der Waals surface area contributed by atoms with Crippen molar-refractivity contribution in [2.45, 2.75) is 0 Å². The van der Waals surface area contributed by atoms with E-state index in [4.69, 9.17) is 4.42 Å². The Morgan fingerprint density at radius 3 is 1.57 bits per heavy atom. The molecule has 0 unspecified atom stereocenters. The van der Waals surface area contributed by atoms with E-state index in [0.717, 1.165) is 33.1 Å². The van der Waals surface area contributed by atoms with Crippen molar-refractivity contribution < 1.29 is 4.42 Å². The van der Waals surface area contributed by atoms with Crippen LogP contribution in [-0.2, 0) is 0 Å². The highest BCUT2D eigenvalue weighted by molar-refractivity contribution is 6.28. The van der Waals surface area contributed by atoms with E-state index in [9.17, 15) is 0 Å². The molecule has 7 aromatic carbocycles. The summed E-state index contributed by atoms with van der Waals surface area (Å²) in [6.45, 7) is 0. The van der Waals surface area contributed by atoms with Crippen molar-refractivity contribution in [2.24, 2.45) is 0 Å². The molecule has 0 fully saturated rings. The standard InChI is InChI=1S/C36H22O/c1-2-13-29-27(12-1)28-14-3-4-16-31(28)35-25(17-8-19-32(29)35)23-10-7-11-24(22-23)26-18-9-20-33-30-15-5-6-21-34(30)37-36(26)33/h1-22H. The van der Waals surface area contributed by atoms with Crippen molar-refractivity contribution >= 4 is 54.3 Å². The Kier molecular flexibility index (Phi) is 4.29. The van der Waals surface area contributed by atoms with Crippen molar-refractivity contribution in [1.29, 1.82) is 0 Å². The van der Waals surface area contributed by atoms with Crippen LogP contribution in [0.1, 0.15) is 0 Å². The van der Waals surface area contributed by atoms with Crippen LogP contribution in [0.3, 0.4) is 0 Å². The van der Waals surface area contributed by atoms with Crippen LogP contribution >= 0.6 is 0 Å². The van der Waals surface area contributed by atoms with Gasteiger partial charge in [0.1, 0.15) is 11.2 Å². The van der Waals surface area contributed by atoms with Crippen LogP contribution in [-0.4, -0.2) is 0 Å². The molecule has 1 heteroatoms. The fourth-order valence-corrected chi connectivity index (χ4v) is 6.03. The third-order valence-electron chi connectivity index (χ3n) is 7.66. The summed E-state index contributed by atoms with van der Waals surface area (Å²) in [4.78, 5) is 0. The lowest BCUT2D eigenvalue weighted by atomic mass is 9.89. The third-order valence-corrected chi connectivity index (χ3v) is 7.66. The zero-order valence-corrected chi connectivity index (χ0v) is 20.1. The molecule has 0 aliphatic heterocycles. The number of hydrogen-bond acceptors (Lipinski definition) is 1. The van der Waals surface area contributed by atoms with Crippen molar-refractivity contribution in [3.8, 4) is 22.3 Å². The summed E-state index contributed by atoms with van der Waals surface area (Å²) in [6, 6.07) is 47.8. The van der Waals surface area contributed by atoms with E-state index in [1.54, 1.807) is 0 Å². The van der Waals surface area contributed by atoms with Gasteiger partial charge < -0.3 is 4.42 Å². The van der Waals surface area contributed by atoms with E-state index < -0.39 is 0 Å². The Labute approximate surface area is 214 Å². The van der Waals surface area contributed by atoms with Gasteiger partial charge in [-0.3, -0.25) is 0 Å². The maximum absolute atomic E-state index is 6.36. The first kappa shape index (κ1) is 20.3. The minimum atomic E-state index is 0.925. The molecule has 8 rings (SSSR count). The molecule has 1 nitrogen and oxygen atoms in total. The average Bonchev–Trinajstić information content (AvgIpc) is 3.36. The monoisotopic (exact) mass is 470 g/mol. The molecule has 0 amide bonds. The highest BCUT2D eigenvalue weighted by atomic mass is 16.3. The third kappa shape index (κ3) is 2.98. The quantitative estimate of drug-likeness (QED) is 0.229. The lowest BCUT2D eigenvalue weighted by Crippen LogP contribution is -1.88. The van der Waals surface area contributed by atoms with Gasteiger partial charge in [0.05, 0.1) is 0 Å². The van der Waals surface area contributed by atoms with Gasteiger partial charge in [-0.05, 0) is 61.1 Å². The van der Waals surface area contributed by atoms with Crippen LogP contribution < -0.4 is 0 Å². The number of rotatable bonds is 2. The van der Waals surface area contributed by atoms with Gasteiger partial charge in [0.15, 0.2) is 0 Å². The molecule has 0 N–H and O–H groups in total. The molecule has 0 aliphatic rings. The predicted octanol–water partition coefficient (Wildman–Crippen LogP) is 10.4. The molecule has 8 aromatic rings. The zero-order valence-electron chi connectivity index (χ0n) is 20.1. The zero-order chi connectivity index (χ0) is 24.3. The average molecular weight is 471 g/mol. The first-order chi connectivity index (χ1) is 18.4. The normalized spacial score (nSPS) is 11.8. The summed E-state index contributed by atoms with van der Waals surface area (Å²) in [7, 11) is 0. The maximum Gasteiger partial charge on any atom is 0.143 e. The maximum atomic E-state index is 6.36. The van der Waals surface area contributed by atoms with Crippen molar-refractivity contribution in [2.75, 3.05) is 0 Å². The van der Waals surface area contributed by atoms with Gasteiger partial charge in [0, 0.05) is 16.3 Å². The van der Waals surface area contributed by atoms with Crippen LogP contribution in [0.5, 0.6) is 0 Å². The smallest absolute Gasteiger partial charge is 0.143 e. The molecule has 0 bridgehead atoms. The van der Waals surface area contributed by atoms with Gasteiger partial charge in [0.25, 0.3) is 0 Å². The summed E-state index contributed by atoms with van der Waals surface area (Å²) < 4.78 is 6.36. The molecule has 0 saturated heterocycles. The summed E-state index contributed by atoms with van der Waals surface area (Å²) in [5.41, 5.74) is 6.59.